The Kier molecular flexibility index (Phi) is 1.09. The van der Waals surface area contributed by atoms with E-state index in [2.05, 4.69) is 4.90 Å². The van der Waals surface area contributed by atoms with Crippen LogP contribution in [0.3, 0.4) is 0 Å². The molecule has 0 amide bonds. The van der Waals surface area contributed by atoms with Crippen LogP contribution in [-0.4, -0.2) is 30.3 Å². The quantitative estimate of drug-likeness (QED) is 0.463. The van der Waals surface area contributed by atoms with Crippen molar-refractivity contribution in [1.82, 2.24) is 4.90 Å². The molecule has 3 heterocycles. The molecule has 2 nitrogen and oxygen atoms in total. The van der Waals surface area contributed by atoms with Gasteiger partial charge in [0.05, 0.1) is 6.54 Å². The summed E-state index contributed by atoms with van der Waals surface area (Å²) >= 11 is 0. The van der Waals surface area contributed by atoms with Gasteiger partial charge in [0.15, 0.2) is 0 Å². The van der Waals surface area contributed by atoms with Gasteiger partial charge in [0.25, 0.3) is 0 Å². The number of fused-ring (bicyclic) bond motifs is 3. The molecule has 3 saturated heterocycles. The van der Waals surface area contributed by atoms with Crippen LogP contribution < -0.4 is 0 Å². The highest BCUT2D eigenvalue weighted by Crippen LogP contribution is 2.23. The van der Waals surface area contributed by atoms with E-state index < -0.39 is 0 Å². The number of nitrogens with zero attached hydrogens (tertiary/aromatic N) is 1. The van der Waals surface area contributed by atoms with E-state index in [1.165, 1.54) is 13.1 Å². The second-order valence-corrected chi connectivity index (χ2v) is 3.14. The van der Waals surface area contributed by atoms with Crippen LogP contribution in [0.1, 0.15) is 12.8 Å². The molecule has 0 N–H and O–H groups in total. The molecule has 0 spiro atoms. The topological polar surface area (TPSA) is 20.3 Å². The average molecular weight is 125 g/mol. The first-order valence-corrected chi connectivity index (χ1v) is 3.58. The van der Waals surface area contributed by atoms with Crippen molar-refractivity contribution in [3.63, 3.8) is 0 Å². The summed E-state index contributed by atoms with van der Waals surface area (Å²) in [6.45, 7) is 3.11. The summed E-state index contributed by atoms with van der Waals surface area (Å²) in [6.07, 6.45) is 1.98. The van der Waals surface area contributed by atoms with Crippen LogP contribution in [0.25, 0.3) is 0 Å². The molecule has 0 aromatic heterocycles. The van der Waals surface area contributed by atoms with Gasteiger partial charge >= 0.3 is 0 Å². The van der Waals surface area contributed by atoms with Gasteiger partial charge in [0.2, 0.25) is 0 Å². The van der Waals surface area contributed by atoms with Gasteiger partial charge in [-0.1, -0.05) is 0 Å². The van der Waals surface area contributed by atoms with E-state index in [9.17, 15) is 4.79 Å². The lowest BCUT2D eigenvalue weighted by molar-refractivity contribution is -0.119. The summed E-state index contributed by atoms with van der Waals surface area (Å²) in [5.74, 6) is 1.30. The van der Waals surface area contributed by atoms with Crippen LogP contribution in [0.5, 0.6) is 0 Å². The molecule has 0 aromatic rings. The lowest BCUT2D eigenvalue weighted by Gasteiger charge is -2.35. The fourth-order valence-corrected chi connectivity index (χ4v) is 1.68. The van der Waals surface area contributed by atoms with Crippen molar-refractivity contribution < 1.29 is 4.79 Å². The molecule has 3 aliphatic heterocycles. The second-order valence-electron chi connectivity index (χ2n) is 3.14. The van der Waals surface area contributed by atoms with Crippen molar-refractivity contribution in [2.24, 2.45) is 5.92 Å². The van der Waals surface area contributed by atoms with Crippen LogP contribution in [-0.2, 0) is 4.79 Å². The third-order valence-electron chi connectivity index (χ3n) is 2.26. The zero-order valence-corrected chi connectivity index (χ0v) is 5.47. The van der Waals surface area contributed by atoms with E-state index in [-0.39, 0.29) is 0 Å². The smallest absolute Gasteiger partial charge is 0.146 e. The van der Waals surface area contributed by atoms with E-state index in [1.54, 1.807) is 0 Å². The average Bonchev–Trinajstić information content (AvgIpc) is 1.93. The number of rotatable bonds is 0. The van der Waals surface area contributed by atoms with E-state index >= 15 is 0 Å². The summed E-state index contributed by atoms with van der Waals surface area (Å²) in [5.41, 5.74) is 0. The lowest BCUT2D eigenvalue weighted by atomic mass is 9.98. The molecule has 2 bridgehead atoms. The molecule has 2 heteroatoms. The van der Waals surface area contributed by atoms with Gasteiger partial charge in [-0.15, -0.1) is 0 Å². The number of hydrogen-bond donors (Lipinski definition) is 0. The third kappa shape index (κ3) is 0.874. The van der Waals surface area contributed by atoms with E-state index in [0.717, 1.165) is 25.3 Å². The van der Waals surface area contributed by atoms with Crippen molar-refractivity contribution in [2.45, 2.75) is 12.8 Å². The summed E-state index contributed by atoms with van der Waals surface area (Å²) in [5, 5.41) is 0. The molecule has 0 saturated carbocycles. The number of carbonyl (C=O) groups excluding carboxylic acids is 1. The Hall–Kier alpha value is -0.370. The van der Waals surface area contributed by atoms with Crippen LogP contribution in [0.15, 0.2) is 0 Å². The van der Waals surface area contributed by atoms with Crippen molar-refractivity contribution >= 4 is 5.78 Å². The van der Waals surface area contributed by atoms with Gasteiger partial charge in [0, 0.05) is 19.5 Å². The van der Waals surface area contributed by atoms with Crippen molar-refractivity contribution in [1.29, 1.82) is 0 Å². The molecule has 0 unspecified atom stereocenters. The first-order valence-electron chi connectivity index (χ1n) is 3.58. The Bertz CT molecular complexity index is 138. The van der Waals surface area contributed by atoms with Crippen LogP contribution in [0, 0.1) is 5.92 Å². The Morgan fingerprint density at radius 1 is 1.44 bits per heavy atom. The molecule has 3 fully saturated rings. The first-order chi connectivity index (χ1) is 4.34. The number of Topliss-reactive ketones (excluding diaryl/α,β-unsaturated/α-hetero) is 1. The van der Waals surface area contributed by atoms with Crippen molar-refractivity contribution in [2.75, 3.05) is 19.6 Å². The summed E-state index contributed by atoms with van der Waals surface area (Å²) in [6, 6.07) is 0. The molecule has 3 rings (SSSR count). The van der Waals surface area contributed by atoms with Gasteiger partial charge < -0.3 is 0 Å². The van der Waals surface area contributed by atoms with Gasteiger partial charge in [-0.2, -0.15) is 0 Å². The number of carbonyl (C=O) groups is 1. The fourth-order valence-electron chi connectivity index (χ4n) is 1.68. The molecule has 0 aromatic carbocycles. The van der Waals surface area contributed by atoms with Gasteiger partial charge in [-0.3, -0.25) is 9.69 Å². The Labute approximate surface area is 54.8 Å². The largest absolute Gasteiger partial charge is 0.298 e. The SMILES string of the molecule is O=C1CCC2CN(C1)C2. The third-order valence-corrected chi connectivity index (χ3v) is 2.26. The Morgan fingerprint density at radius 3 is 3.00 bits per heavy atom. The highest BCUT2D eigenvalue weighted by Gasteiger charge is 2.31. The monoisotopic (exact) mass is 125 g/mol. The van der Waals surface area contributed by atoms with E-state index in [0.29, 0.717) is 5.78 Å². The molecular weight excluding hydrogens is 114 g/mol. The Morgan fingerprint density at radius 2 is 2.22 bits per heavy atom. The van der Waals surface area contributed by atoms with Gasteiger partial charge in [-0.25, -0.2) is 0 Å². The highest BCUT2D eigenvalue weighted by molar-refractivity contribution is 5.81. The standard InChI is InChI=1S/C7H11NO/c9-7-2-1-6-3-8(4-6)5-7/h6H,1-5H2. The number of ketones is 1. The maximum atomic E-state index is 10.9. The minimum Gasteiger partial charge on any atom is -0.298 e. The zero-order valence-electron chi connectivity index (χ0n) is 5.47. The van der Waals surface area contributed by atoms with Crippen molar-refractivity contribution in [3.05, 3.63) is 0 Å². The van der Waals surface area contributed by atoms with Crippen LogP contribution in [0.4, 0.5) is 0 Å². The minimum atomic E-state index is 0.440. The Balaban J connectivity index is 2.03. The lowest BCUT2D eigenvalue weighted by Crippen LogP contribution is -2.45. The van der Waals surface area contributed by atoms with Gasteiger partial charge in [-0.05, 0) is 12.3 Å². The molecule has 50 valence electrons. The summed E-state index contributed by atoms with van der Waals surface area (Å²) in [4.78, 5) is 13.1. The molecular formula is C7H11NO. The maximum Gasteiger partial charge on any atom is 0.146 e. The van der Waals surface area contributed by atoms with Crippen molar-refractivity contribution in [3.8, 4) is 0 Å². The predicted molar refractivity (Wildman–Crippen MR) is 34.2 cm³/mol. The summed E-state index contributed by atoms with van der Waals surface area (Å²) in [7, 11) is 0. The number of hydrogen-bond acceptors (Lipinski definition) is 2. The minimum absolute atomic E-state index is 0.440. The molecule has 3 aliphatic rings. The molecule has 0 aliphatic carbocycles. The highest BCUT2D eigenvalue weighted by atomic mass is 16.1. The first kappa shape index (κ1) is 5.42. The predicted octanol–water partition coefficient (Wildman–Crippen LogP) is 0.281. The van der Waals surface area contributed by atoms with E-state index in [4.69, 9.17) is 0 Å². The zero-order chi connectivity index (χ0) is 6.27. The fraction of sp³-hybridized carbons (Fsp3) is 0.857. The van der Waals surface area contributed by atoms with Crippen LogP contribution in [0.2, 0.25) is 0 Å². The van der Waals surface area contributed by atoms with Crippen LogP contribution >= 0.6 is 0 Å². The van der Waals surface area contributed by atoms with E-state index in [1.807, 2.05) is 0 Å². The summed E-state index contributed by atoms with van der Waals surface area (Å²) < 4.78 is 0. The molecule has 9 heavy (non-hydrogen) atoms. The second kappa shape index (κ2) is 1.81. The normalized spacial score (nSPS) is 41.6. The maximum absolute atomic E-state index is 10.9. The molecule has 0 atom stereocenters. The molecule has 0 radical (unpaired) electrons. The van der Waals surface area contributed by atoms with Gasteiger partial charge in [0.1, 0.15) is 5.78 Å².